The molecule has 0 aliphatic carbocycles. The Morgan fingerprint density at radius 2 is 2.00 bits per heavy atom. The number of aromatic amines is 1. The minimum atomic E-state index is -0.465. The Morgan fingerprint density at radius 1 is 1.17 bits per heavy atom. The maximum atomic E-state index is 13.1. The zero-order chi connectivity index (χ0) is 20.1. The molecule has 1 N–H and O–H groups in total. The maximum Gasteiger partial charge on any atom is 0.251 e. The van der Waals surface area contributed by atoms with Crippen LogP contribution in [0.4, 0.5) is 5.69 Å². The third-order valence-electron chi connectivity index (χ3n) is 5.87. The summed E-state index contributed by atoms with van der Waals surface area (Å²) in [7, 11) is 1.66. The number of anilines is 1. The van der Waals surface area contributed by atoms with Crippen molar-refractivity contribution in [1.29, 1.82) is 0 Å². The molecule has 2 aliphatic heterocycles. The number of nitrogens with zero attached hydrogens (tertiary/aromatic N) is 2. The van der Waals surface area contributed by atoms with Crippen molar-refractivity contribution >= 4 is 40.0 Å². The van der Waals surface area contributed by atoms with Gasteiger partial charge in [-0.25, -0.2) is 4.90 Å². The molecule has 0 spiro atoms. The number of nitrogens with one attached hydrogen (secondary N) is 1. The Labute approximate surface area is 173 Å². The van der Waals surface area contributed by atoms with Crippen LogP contribution >= 0.6 is 11.6 Å². The summed E-state index contributed by atoms with van der Waals surface area (Å²) < 4.78 is 5.35. The number of benzene rings is 2. The van der Waals surface area contributed by atoms with Gasteiger partial charge < -0.3 is 9.72 Å². The number of carbonyl (C=O) groups excluding carboxylic acids is 2. The maximum absolute atomic E-state index is 13.1. The number of fused-ring (bicyclic) bond motifs is 3. The summed E-state index contributed by atoms with van der Waals surface area (Å²) in [6.07, 6.45) is 0.986. The van der Waals surface area contributed by atoms with E-state index in [-0.39, 0.29) is 18.2 Å². The van der Waals surface area contributed by atoms with Crippen LogP contribution in [0.1, 0.15) is 17.7 Å². The van der Waals surface area contributed by atoms with E-state index in [1.807, 2.05) is 18.2 Å². The number of carbonyl (C=O) groups is 2. The van der Waals surface area contributed by atoms with Crippen molar-refractivity contribution in [3.05, 3.63) is 58.7 Å². The smallest absolute Gasteiger partial charge is 0.251 e. The summed E-state index contributed by atoms with van der Waals surface area (Å²) in [4.78, 5) is 32.6. The van der Waals surface area contributed by atoms with Gasteiger partial charge >= 0.3 is 0 Å². The van der Waals surface area contributed by atoms with Gasteiger partial charge in [0, 0.05) is 29.7 Å². The van der Waals surface area contributed by atoms with E-state index in [9.17, 15) is 9.59 Å². The zero-order valence-electron chi connectivity index (χ0n) is 15.9. The van der Waals surface area contributed by atoms with Crippen molar-refractivity contribution in [3.63, 3.8) is 0 Å². The average molecular weight is 410 g/mol. The molecule has 0 saturated carbocycles. The average Bonchev–Trinajstić information content (AvgIpc) is 3.24. The summed E-state index contributed by atoms with van der Waals surface area (Å²) in [5, 5.41) is 1.56. The van der Waals surface area contributed by atoms with Crippen LogP contribution in [-0.2, 0) is 22.6 Å². The number of rotatable bonds is 3. The van der Waals surface area contributed by atoms with Crippen LogP contribution in [0.2, 0.25) is 5.02 Å². The number of hydrogen-bond donors (Lipinski definition) is 1. The standard InChI is InChI=1S/C22H20ClN3O3/c1-29-13-6-7-17-15(10-13)14-8-9-25(12-18(14)24-17)20-11-21(27)26(22(20)28)19-5-3-2-4-16(19)23/h2-7,10,20,24H,8-9,11-12H2,1H3/t20-/m0/s1. The lowest BCUT2D eigenvalue weighted by molar-refractivity contribution is -0.123. The summed E-state index contributed by atoms with van der Waals surface area (Å²) in [6.45, 7) is 1.32. The molecule has 148 valence electrons. The van der Waals surface area contributed by atoms with Crippen molar-refractivity contribution in [2.45, 2.75) is 25.4 Å². The Hall–Kier alpha value is -2.83. The monoisotopic (exact) mass is 409 g/mol. The topological polar surface area (TPSA) is 65.6 Å². The van der Waals surface area contributed by atoms with E-state index in [1.54, 1.807) is 31.4 Å². The third-order valence-corrected chi connectivity index (χ3v) is 6.19. The molecule has 6 nitrogen and oxygen atoms in total. The Bertz CT molecular complexity index is 1140. The van der Waals surface area contributed by atoms with Crippen molar-refractivity contribution in [2.75, 3.05) is 18.6 Å². The molecule has 0 bridgehead atoms. The van der Waals surface area contributed by atoms with Crippen LogP contribution in [0.3, 0.4) is 0 Å². The first-order valence-electron chi connectivity index (χ1n) is 9.59. The molecule has 5 rings (SSSR count). The predicted molar refractivity (Wildman–Crippen MR) is 111 cm³/mol. The highest BCUT2D eigenvalue weighted by atomic mass is 35.5. The number of aromatic nitrogens is 1. The zero-order valence-corrected chi connectivity index (χ0v) is 16.7. The molecule has 0 radical (unpaired) electrons. The summed E-state index contributed by atoms with van der Waals surface area (Å²) >= 11 is 6.23. The van der Waals surface area contributed by atoms with E-state index in [2.05, 4.69) is 9.88 Å². The number of hydrogen-bond acceptors (Lipinski definition) is 4. The second kappa shape index (κ2) is 6.90. The molecular weight excluding hydrogens is 390 g/mol. The minimum absolute atomic E-state index is 0.174. The van der Waals surface area contributed by atoms with Gasteiger partial charge in [0.05, 0.1) is 30.3 Å². The molecule has 7 heteroatoms. The summed E-state index contributed by atoms with van der Waals surface area (Å²) in [5.74, 6) is 0.415. The fourth-order valence-corrected chi connectivity index (χ4v) is 4.64. The SMILES string of the molecule is COc1ccc2[nH]c3c(c2c1)CCN([C@H]1CC(=O)N(c2ccccc2Cl)C1=O)C3. The fraction of sp³-hybridized carbons (Fsp3) is 0.273. The lowest BCUT2D eigenvalue weighted by Gasteiger charge is -2.30. The number of H-pyrrole nitrogens is 1. The third kappa shape index (κ3) is 2.91. The lowest BCUT2D eigenvalue weighted by atomic mass is 10.0. The number of para-hydroxylation sites is 1. The number of methoxy groups -OCH3 is 1. The molecule has 0 unspecified atom stereocenters. The first kappa shape index (κ1) is 18.2. The normalized spacial score (nSPS) is 19.8. The Morgan fingerprint density at radius 3 is 2.79 bits per heavy atom. The van der Waals surface area contributed by atoms with E-state index < -0.39 is 6.04 Å². The number of imide groups is 1. The first-order chi connectivity index (χ1) is 14.1. The second-order valence-electron chi connectivity index (χ2n) is 7.45. The van der Waals surface area contributed by atoms with E-state index in [0.717, 1.165) is 35.3 Å². The molecule has 3 aromatic rings. The number of ether oxygens (including phenoxy) is 1. The molecule has 29 heavy (non-hydrogen) atoms. The van der Waals surface area contributed by atoms with E-state index >= 15 is 0 Å². The first-order valence-corrected chi connectivity index (χ1v) is 9.97. The van der Waals surface area contributed by atoms with E-state index in [0.29, 0.717) is 17.3 Å². The number of halogens is 1. The molecule has 1 saturated heterocycles. The highest BCUT2D eigenvalue weighted by Gasteiger charge is 2.44. The van der Waals surface area contributed by atoms with Gasteiger partial charge in [0.25, 0.3) is 5.91 Å². The summed E-state index contributed by atoms with van der Waals surface area (Å²) in [5.41, 5.74) is 3.87. The van der Waals surface area contributed by atoms with Gasteiger partial charge in [0.2, 0.25) is 5.91 Å². The molecule has 1 atom stereocenters. The summed E-state index contributed by atoms with van der Waals surface area (Å²) in [6, 6.07) is 12.5. The molecule has 1 aromatic heterocycles. The van der Waals surface area contributed by atoms with Gasteiger partial charge in [0.1, 0.15) is 5.75 Å². The molecule has 1 fully saturated rings. The van der Waals surface area contributed by atoms with Gasteiger partial charge in [-0.05, 0) is 42.3 Å². The highest BCUT2D eigenvalue weighted by Crippen LogP contribution is 2.35. The van der Waals surface area contributed by atoms with Crippen LogP contribution < -0.4 is 9.64 Å². The van der Waals surface area contributed by atoms with Gasteiger partial charge in [0.15, 0.2) is 0 Å². The highest BCUT2D eigenvalue weighted by molar-refractivity contribution is 6.36. The van der Waals surface area contributed by atoms with Crippen molar-refractivity contribution in [3.8, 4) is 5.75 Å². The van der Waals surface area contributed by atoms with Crippen LogP contribution in [0.25, 0.3) is 10.9 Å². The van der Waals surface area contributed by atoms with Crippen molar-refractivity contribution < 1.29 is 14.3 Å². The Kier molecular flexibility index (Phi) is 4.33. The molecule has 3 heterocycles. The predicted octanol–water partition coefficient (Wildman–Crippen LogP) is 3.52. The van der Waals surface area contributed by atoms with Crippen LogP contribution in [0.15, 0.2) is 42.5 Å². The minimum Gasteiger partial charge on any atom is -0.497 e. The molecule has 2 aliphatic rings. The fourth-order valence-electron chi connectivity index (χ4n) is 4.42. The Balaban J connectivity index is 1.43. The van der Waals surface area contributed by atoms with Gasteiger partial charge in [-0.2, -0.15) is 0 Å². The molecule has 2 amide bonds. The molecule has 2 aromatic carbocycles. The number of amides is 2. The van der Waals surface area contributed by atoms with Crippen LogP contribution in [0.5, 0.6) is 5.75 Å². The largest absolute Gasteiger partial charge is 0.497 e. The van der Waals surface area contributed by atoms with Crippen LogP contribution in [0, 0.1) is 0 Å². The lowest BCUT2D eigenvalue weighted by Crippen LogP contribution is -2.44. The van der Waals surface area contributed by atoms with Gasteiger partial charge in [-0.3, -0.25) is 14.5 Å². The van der Waals surface area contributed by atoms with Crippen molar-refractivity contribution in [1.82, 2.24) is 9.88 Å². The van der Waals surface area contributed by atoms with E-state index in [1.165, 1.54) is 10.5 Å². The van der Waals surface area contributed by atoms with Gasteiger partial charge in [-0.1, -0.05) is 23.7 Å². The van der Waals surface area contributed by atoms with E-state index in [4.69, 9.17) is 16.3 Å². The van der Waals surface area contributed by atoms with Crippen molar-refractivity contribution in [2.24, 2.45) is 0 Å². The quantitative estimate of drug-likeness (QED) is 0.672. The second-order valence-corrected chi connectivity index (χ2v) is 7.86. The van der Waals surface area contributed by atoms with Crippen LogP contribution in [-0.4, -0.2) is 41.4 Å². The van der Waals surface area contributed by atoms with Gasteiger partial charge in [-0.15, -0.1) is 0 Å². The molecular formula is C22H20ClN3O3.